The Morgan fingerprint density at radius 1 is 1.23 bits per heavy atom. The maximum Gasteiger partial charge on any atom is 0.116 e. The Morgan fingerprint density at radius 3 is 2.85 bits per heavy atom. The van der Waals surface area contributed by atoms with Crippen molar-refractivity contribution < 1.29 is 5.11 Å². The van der Waals surface area contributed by atoms with Gasteiger partial charge in [0.05, 0.1) is 11.6 Å². The molecule has 0 saturated carbocycles. The fourth-order valence-electron chi connectivity index (χ4n) is 1.25. The van der Waals surface area contributed by atoms with Gasteiger partial charge in [-0.25, -0.2) is 0 Å². The molecule has 0 atom stereocenters. The predicted molar refractivity (Wildman–Crippen MR) is 53.0 cm³/mol. The van der Waals surface area contributed by atoms with E-state index in [1.54, 1.807) is 18.3 Å². The molecule has 1 N–H and O–H groups in total. The van der Waals surface area contributed by atoms with Gasteiger partial charge in [-0.1, -0.05) is 6.07 Å². The summed E-state index contributed by atoms with van der Waals surface area (Å²) in [5.74, 6) is 0.671. The van der Waals surface area contributed by atoms with Crippen LogP contribution in [0.3, 0.4) is 0 Å². The van der Waals surface area contributed by atoms with E-state index in [4.69, 9.17) is 11.6 Å². The molecule has 0 saturated heterocycles. The van der Waals surface area contributed by atoms with E-state index in [9.17, 15) is 5.11 Å². The summed E-state index contributed by atoms with van der Waals surface area (Å²) in [5.41, 5.74) is 0.847. The number of alkyl halides is 1. The number of aromatic nitrogens is 1. The Hall–Kier alpha value is -1.28. The minimum atomic E-state index is 0.257. The molecule has 0 fully saturated rings. The van der Waals surface area contributed by atoms with Gasteiger partial charge in [0.1, 0.15) is 5.75 Å². The number of fused-ring (bicyclic) bond motifs is 1. The van der Waals surface area contributed by atoms with E-state index in [-0.39, 0.29) is 5.75 Å². The van der Waals surface area contributed by atoms with Gasteiger partial charge in [0, 0.05) is 11.6 Å². The third-order valence-corrected chi connectivity index (χ3v) is 2.17. The van der Waals surface area contributed by atoms with E-state index in [0.717, 1.165) is 16.5 Å². The molecule has 1 aromatic carbocycles. The maximum absolute atomic E-state index is 9.20. The van der Waals surface area contributed by atoms with Gasteiger partial charge in [0.2, 0.25) is 0 Å². The summed E-state index contributed by atoms with van der Waals surface area (Å²) >= 11 is 5.65. The van der Waals surface area contributed by atoms with Crippen molar-refractivity contribution in [3.63, 3.8) is 0 Å². The van der Waals surface area contributed by atoms with Crippen LogP contribution in [0.25, 0.3) is 10.8 Å². The molecule has 13 heavy (non-hydrogen) atoms. The molecule has 2 rings (SSSR count). The van der Waals surface area contributed by atoms with Crippen molar-refractivity contribution in [3.8, 4) is 5.75 Å². The summed E-state index contributed by atoms with van der Waals surface area (Å²) in [5, 5.41) is 11.2. The molecule has 0 radical (unpaired) electrons. The molecule has 0 bridgehead atoms. The van der Waals surface area contributed by atoms with Crippen LogP contribution < -0.4 is 0 Å². The third kappa shape index (κ3) is 1.58. The van der Waals surface area contributed by atoms with Gasteiger partial charge in [-0.3, -0.25) is 4.98 Å². The van der Waals surface area contributed by atoms with Crippen LogP contribution in [0.2, 0.25) is 0 Å². The monoisotopic (exact) mass is 193 g/mol. The second-order valence-corrected chi connectivity index (χ2v) is 3.11. The highest BCUT2D eigenvalue weighted by atomic mass is 35.5. The SMILES string of the molecule is Oc1ccc2cc(CCl)ncc2c1. The Morgan fingerprint density at radius 2 is 2.08 bits per heavy atom. The molecule has 0 aliphatic rings. The molecule has 2 aromatic rings. The lowest BCUT2D eigenvalue weighted by Gasteiger charge is -1.99. The Bertz CT molecular complexity index is 442. The van der Waals surface area contributed by atoms with Gasteiger partial charge in [0.25, 0.3) is 0 Å². The number of aromatic hydroxyl groups is 1. The van der Waals surface area contributed by atoms with Gasteiger partial charge >= 0.3 is 0 Å². The van der Waals surface area contributed by atoms with Crippen LogP contribution in [0.4, 0.5) is 0 Å². The second kappa shape index (κ2) is 3.23. The fourth-order valence-corrected chi connectivity index (χ4v) is 1.39. The zero-order chi connectivity index (χ0) is 9.26. The highest BCUT2D eigenvalue weighted by molar-refractivity contribution is 6.17. The molecular formula is C10H8ClNO. The molecule has 0 aliphatic carbocycles. The quantitative estimate of drug-likeness (QED) is 0.707. The van der Waals surface area contributed by atoms with Crippen molar-refractivity contribution in [2.24, 2.45) is 0 Å². The van der Waals surface area contributed by atoms with Crippen LogP contribution in [0.1, 0.15) is 5.69 Å². The van der Waals surface area contributed by atoms with Crippen LogP contribution in [-0.2, 0) is 5.88 Å². The first-order chi connectivity index (χ1) is 6.29. The van der Waals surface area contributed by atoms with Crippen LogP contribution in [0, 0.1) is 0 Å². The molecule has 1 heterocycles. The molecule has 3 heteroatoms. The summed E-state index contributed by atoms with van der Waals surface area (Å²) in [6.45, 7) is 0. The highest BCUT2D eigenvalue weighted by Gasteiger charge is 1.97. The number of halogens is 1. The van der Waals surface area contributed by atoms with E-state index in [1.807, 2.05) is 12.1 Å². The lowest BCUT2D eigenvalue weighted by molar-refractivity contribution is 0.476. The number of phenols is 1. The number of hydrogen-bond acceptors (Lipinski definition) is 2. The van der Waals surface area contributed by atoms with Crippen LogP contribution >= 0.6 is 11.6 Å². The van der Waals surface area contributed by atoms with Gasteiger partial charge in [-0.15, -0.1) is 11.6 Å². The van der Waals surface area contributed by atoms with Crippen LogP contribution in [0.15, 0.2) is 30.5 Å². The smallest absolute Gasteiger partial charge is 0.116 e. The first-order valence-electron chi connectivity index (χ1n) is 3.93. The normalized spacial score (nSPS) is 10.5. The number of phenolic OH excluding ortho intramolecular Hbond substituents is 1. The first-order valence-corrected chi connectivity index (χ1v) is 4.46. The number of nitrogens with zero attached hydrogens (tertiary/aromatic N) is 1. The topological polar surface area (TPSA) is 33.1 Å². The molecule has 0 spiro atoms. The van der Waals surface area contributed by atoms with Crippen molar-refractivity contribution in [2.45, 2.75) is 5.88 Å². The van der Waals surface area contributed by atoms with Gasteiger partial charge in [-0.2, -0.15) is 0 Å². The van der Waals surface area contributed by atoms with E-state index in [2.05, 4.69) is 4.98 Å². The molecule has 2 nitrogen and oxygen atoms in total. The Labute approximate surface area is 80.8 Å². The van der Waals surface area contributed by atoms with Crippen molar-refractivity contribution in [2.75, 3.05) is 0 Å². The minimum absolute atomic E-state index is 0.257. The van der Waals surface area contributed by atoms with E-state index in [1.165, 1.54) is 0 Å². The number of benzene rings is 1. The van der Waals surface area contributed by atoms with E-state index in [0.29, 0.717) is 5.88 Å². The number of rotatable bonds is 1. The summed E-state index contributed by atoms with van der Waals surface area (Å²) < 4.78 is 0. The Kier molecular flexibility index (Phi) is 2.07. The van der Waals surface area contributed by atoms with Crippen molar-refractivity contribution in [1.29, 1.82) is 0 Å². The zero-order valence-corrected chi connectivity index (χ0v) is 7.62. The Balaban J connectivity index is 2.66. The molecule has 0 amide bonds. The molecule has 1 aromatic heterocycles. The van der Waals surface area contributed by atoms with Gasteiger partial charge in [0.15, 0.2) is 0 Å². The lowest BCUT2D eigenvalue weighted by Crippen LogP contribution is -1.84. The van der Waals surface area contributed by atoms with Crippen LogP contribution in [0.5, 0.6) is 5.75 Å². The lowest BCUT2D eigenvalue weighted by atomic mass is 10.1. The average Bonchev–Trinajstić information content (AvgIpc) is 2.17. The summed E-state index contributed by atoms with van der Waals surface area (Å²) in [6, 6.07) is 7.10. The van der Waals surface area contributed by atoms with Crippen LogP contribution in [-0.4, -0.2) is 10.1 Å². The number of pyridine rings is 1. The maximum atomic E-state index is 9.20. The second-order valence-electron chi connectivity index (χ2n) is 2.84. The zero-order valence-electron chi connectivity index (χ0n) is 6.87. The molecule has 0 unspecified atom stereocenters. The minimum Gasteiger partial charge on any atom is -0.508 e. The van der Waals surface area contributed by atoms with Crippen molar-refractivity contribution in [3.05, 3.63) is 36.2 Å². The predicted octanol–water partition coefficient (Wildman–Crippen LogP) is 2.68. The summed E-state index contributed by atoms with van der Waals surface area (Å²) in [4.78, 5) is 4.12. The molecule has 66 valence electrons. The van der Waals surface area contributed by atoms with Gasteiger partial charge < -0.3 is 5.11 Å². The largest absolute Gasteiger partial charge is 0.508 e. The van der Waals surface area contributed by atoms with E-state index < -0.39 is 0 Å². The molecule has 0 aliphatic heterocycles. The third-order valence-electron chi connectivity index (χ3n) is 1.90. The molecular weight excluding hydrogens is 186 g/mol. The standard InChI is InChI=1S/C10H8ClNO/c11-5-9-3-7-1-2-10(13)4-8(7)6-12-9/h1-4,6,13H,5H2. The summed E-state index contributed by atoms with van der Waals surface area (Å²) in [7, 11) is 0. The first kappa shape index (κ1) is 8.32. The average molecular weight is 194 g/mol. The van der Waals surface area contributed by atoms with Crippen molar-refractivity contribution >= 4 is 22.4 Å². The van der Waals surface area contributed by atoms with Gasteiger partial charge in [-0.05, 0) is 23.6 Å². The van der Waals surface area contributed by atoms with E-state index >= 15 is 0 Å². The highest BCUT2D eigenvalue weighted by Crippen LogP contribution is 2.19. The number of hydrogen-bond donors (Lipinski definition) is 1. The summed E-state index contributed by atoms with van der Waals surface area (Å²) in [6.07, 6.45) is 1.72. The fraction of sp³-hybridized carbons (Fsp3) is 0.100. The van der Waals surface area contributed by atoms with Crippen molar-refractivity contribution in [1.82, 2.24) is 4.98 Å².